The number of carbonyl (C=O) groups excluding carboxylic acids is 4. The molecule has 4 aromatic rings. The SMILES string of the molecule is CNc1ccccc1CCN(C=O)C1CCN(C(=O)O[C@H](Cc2cc(Cl)c(N)c(C(F)(F)F)c2)C(=O)N2CCN(c3ccc(C(=O)Oc4ccccc4)cn3)CC2)CC1. The molecule has 2 fully saturated rings. The van der Waals surface area contributed by atoms with E-state index in [-0.39, 0.29) is 54.8 Å². The number of ether oxygens (including phenoxy) is 2. The fraction of sp³-hybridized carbons (Fsp3) is 0.357. The summed E-state index contributed by atoms with van der Waals surface area (Å²) in [6.07, 6.45) is -3.70. The average Bonchev–Trinajstić information content (AvgIpc) is 3.25. The Morgan fingerprint density at radius 1 is 0.966 bits per heavy atom. The minimum atomic E-state index is -4.82. The number of rotatable bonds is 13. The number of carbonyl (C=O) groups is 4. The molecule has 1 atom stereocenters. The number of anilines is 3. The van der Waals surface area contributed by atoms with Crippen LogP contribution in [0.2, 0.25) is 5.02 Å². The molecule has 3 N–H and O–H groups in total. The van der Waals surface area contributed by atoms with Gasteiger partial charge in [0.1, 0.15) is 11.6 Å². The lowest BCUT2D eigenvalue weighted by molar-refractivity contribution is -0.141. The van der Waals surface area contributed by atoms with Crippen LogP contribution in [0.15, 0.2) is 85.1 Å². The van der Waals surface area contributed by atoms with Crippen molar-refractivity contribution in [2.45, 2.75) is 44.0 Å². The molecule has 2 saturated heterocycles. The second-order valence-electron chi connectivity index (χ2n) is 14.3. The number of piperazine rings is 1. The van der Waals surface area contributed by atoms with Crippen molar-refractivity contribution in [3.63, 3.8) is 0 Å². The average molecular weight is 836 g/mol. The summed E-state index contributed by atoms with van der Waals surface area (Å²) in [7, 11) is 1.84. The number of aromatic nitrogens is 1. The molecule has 13 nitrogen and oxygen atoms in total. The summed E-state index contributed by atoms with van der Waals surface area (Å²) in [5, 5.41) is 2.81. The first-order chi connectivity index (χ1) is 28.3. The second kappa shape index (κ2) is 19.1. The van der Waals surface area contributed by atoms with E-state index in [0.29, 0.717) is 50.5 Å². The van der Waals surface area contributed by atoms with Gasteiger partial charge in [0, 0.05) is 77.2 Å². The molecule has 0 bridgehead atoms. The molecule has 312 valence electrons. The lowest BCUT2D eigenvalue weighted by Gasteiger charge is -2.38. The van der Waals surface area contributed by atoms with Crippen molar-refractivity contribution >= 4 is 53.2 Å². The van der Waals surface area contributed by atoms with Crippen molar-refractivity contribution in [3.8, 4) is 5.75 Å². The number of amides is 3. The van der Waals surface area contributed by atoms with Crippen LogP contribution in [0.25, 0.3) is 0 Å². The molecule has 0 aliphatic carbocycles. The molecule has 3 aromatic carbocycles. The summed E-state index contributed by atoms with van der Waals surface area (Å²) in [6, 6.07) is 21.7. The quantitative estimate of drug-likeness (QED) is 0.0694. The van der Waals surface area contributed by atoms with Crippen LogP contribution in [-0.2, 0) is 33.3 Å². The molecule has 2 aliphatic heterocycles. The first kappa shape index (κ1) is 42.6. The van der Waals surface area contributed by atoms with Gasteiger partial charge in [-0.25, -0.2) is 14.6 Å². The summed E-state index contributed by atoms with van der Waals surface area (Å²) >= 11 is 6.12. The fourth-order valence-electron chi connectivity index (χ4n) is 7.26. The number of likely N-dealkylation sites (tertiary alicyclic amines) is 1. The second-order valence-corrected chi connectivity index (χ2v) is 14.7. The van der Waals surface area contributed by atoms with E-state index in [0.717, 1.165) is 23.7 Å². The molecule has 0 unspecified atom stereocenters. The van der Waals surface area contributed by atoms with Crippen LogP contribution in [0.3, 0.4) is 0 Å². The Morgan fingerprint density at radius 2 is 1.66 bits per heavy atom. The van der Waals surface area contributed by atoms with Crippen molar-refractivity contribution in [2.24, 2.45) is 0 Å². The molecule has 3 heterocycles. The number of esters is 1. The molecule has 59 heavy (non-hydrogen) atoms. The van der Waals surface area contributed by atoms with E-state index >= 15 is 0 Å². The largest absolute Gasteiger partial charge is 0.436 e. The highest BCUT2D eigenvalue weighted by atomic mass is 35.5. The Bertz CT molecular complexity index is 2090. The van der Waals surface area contributed by atoms with E-state index in [9.17, 15) is 32.3 Å². The van der Waals surface area contributed by atoms with Crippen LogP contribution in [-0.4, -0.2) is 109 Å². The highest BCUT2D eigenvalue weighted by Gasteiger charge is 2.37. The first-order valence-corrected chi connectivity index (χ1v) is 19.6. The predicted molar refractivity (Wildman–Crippen MR) is 216 cm³/mol. The van der Waals surface area contributed by atoms with Crippen LogP contribution >= 0.6 is 11.6 Å². The van der Waals surface area contributed by atoms with Gasteiger partial charge < -0.3 is 40.1 Å². The fourth-order valence-corrected chi connectivity index (χ4v) is 7.50. The summed E-state index contributed by atoms with van der Waals surface area (Å²) in [5.41, 5.74) is 6.17. The lowest BCUT2D eigenvalue weighted by Crippen LogP contribution is -2.53. The molecule has 17 heteroatoms. The van der Waals surface area contributed by atoms with Crippen molar-refractivity contribution in [2.75, 3.05) is 68.8 Å². The molecule has 0 spiro atoms. The summed E-state index contributed by atoms with van der Waals surface area (Å²) in [4.78, 5) is 63.4. The van der Waals surface area contributed by atoms with E-state index in [2.05, 4.69) is 10.3 Å². The number of para-hydroxylation sites is 2. The van der Waals surface area contributed by atoms with Gasteiger partial charge in [-0.05, 0) is 72.9 Å². The van der Waals surface area contributed by atoms with Crippen molar-refractivity contribution in [1.82, 2.24) is 19.7 Å². The third-order valence-electron chi connectivity index (χ3n) is 10.5. The number of benzene rings is 3. The Kier molecular flexibility index (Phi) is 13.8. The molecule has 6 rings (SSSR count). The molecule has 0 radical (unpaired) electrons. The summed E-state index contributed by atoms with van der Waals surface area (Å²) in [5.74, 6) is -0.191. The maximum absolute atomic E-state index is 14.1. The van der Waals surface area contributed by atoms with Gasteiger partial charge in [0.2, 0.25) is 6.41 Å². The maximum Gasteiger partial charge on any atom is 0.418 e. The number of halogens is 4. The highest BCUT2D eigenvalue weighted by molar-refractivity contribution is 6.33. The van der Waals surface area contributed by atoms with Crippen molar-refractivity contribution in [1.29, 1.82) is 0 Å². The van der Waals surface area contributed by atoms with Gasteiger partial charge in [0.25, 0.3) is 5.91 Å². The monoisotopic (exact) mass is 835 g/mol. The van der Waals surface area contributed by atoms with Gasteiger partial charge >= 0.3 is 18.2 Å². The van der Waals surface area contributed by atoms with E-state index in [1.165, 1.54) is 22.1 Å². The Balaban J connectivity index is 1.10. The number of nitrogens with one attached hydrogen (secondary N) is 1. The van der Waals surface area contributed by atoms with Gasteiger partial charge in [-0.15, -0.1) is 0 Å². The molecular weight excluding hydrogens is 791 g/mol. The first-order valence-electron chi connectivity index (χ1n) is 19.2. The van der Waals surface area contributed by atoms with E-state index in [1.807, 2.05) is 36.2 Å². The van der Waals surface area contributed by atoms with Gasteiger partial charge in [-0.3, -0.25) is 9.59 Å². The van der Waals surface area contributed by atoms with Gasteiger partial charge in [0.05, 0.1) is 21.8 Å². The molecular formula is C42H45ClF3N7O6. The molecule has 1 aromatic heterocycles. The van der Waals surface area contributed by atoms with Crippen LogP contribution in [0.1, 0.15) is 39.9 Å². The smallest absolute Gasteiger partial charge is 0.418 e. The topological polar surface area (TPSA) is 151 Å². The number of hydrogen-bond donors (Lipinski definition) is 2. The number of pyridine rings is 1. The summed E-state index contributed by atoms with van der Waals surface area (Å²) in [6.45, 7) is 2.00. The van der Waals surface area contributed by atoms with Crippen LogP contribution < -0.4 is 20.7 Å². The third kappa shape index (κ3) is 10.7. The van der Waals surface area contributed by atoms with Crippen molar-refractivity contribution in [3.05, 3.63) is 112 Å². The number of hydrogen-bond acceptors (Lipinski definition) is 10. The summed E-state index contributed by atoms with van der Waals surface area (Å²) < 4.78 is 52.9. The van der Waals surface area contributed by atoms with Gasteiger partial charge in [0.15, 0.2) is 6.10 Å². The van der Waals surface area contributed by atoms with Crippen molar-refractivity contribution < 1.29 is 41.8 Å². The normalized spacial score (nSPS) is 15.3. The minimum Gasteiger partial charge on any atom is -0.436 e. The Labute approximate surface area is 344 Å². The van der Waals surface area contributed by atoms with E-state index in [1.54, 1.807) is 47.4 Å². The molecule has 3 amide bonds. The van der Waals surface area contributed by atoms with Crippen LogP contribution in [0.4, 0.5) is 35.2 Å². The van der Waals surface area contributed by atoms with Gasteiger partial charge in [-0.2, -0.15) is 13.2 Å². The lowest BCUT2D eigenvalue weighted by atomic mass is 10.0. The van der Waals surface area contributed by atoms with E-state index < -0.39 is 41.5 Å². The number of alkyl halides is 3. The Morgan fingerprint density at radius 3 is 2.31 bits per heavy atom. The maximum atomic E-state index is 14.1. The zero-order valence-electron chi connectivity index (χ0n) is 32.4. The number of nitrogens with two attached hydrogens (primary N) is 1. The molecule has 0 saturated carbocycles. The van der Waals surface area contributed by atoms with Crippen LogP contribution in [0.5, 0.6) is 5.75 Å². The zero-order valence-corrected chi connectivity index (χ0v) is 33.1. The standard InChI is InChI=1S/C42H45ClF3N7O6/c1-48-35-10-6-5-7-29(35)13-16-53(27-54)31-14-17-52(18-15-31)41(57)59-36(25-28-23-33(42(44,45)46)38(47)34(43)24-28)39(55)51-21-19-50(20-22-51)37-12-11-30(26-49-37)40(56)58-32-8-3-2-4-9-32/h2-12,23-24,26-27,31,36,48H,13-22,25,47H2,1H3/t36-/m1/s1. The Hall–Kier alpha value is -6.03. The van der Waals surface area contributed by atoms with Gasteiger partial charge in [-0.1, -0.05) is 48.0 Å². The molecule has 2 aliphatic rings. The number of nitrogens with zero attached hydrogens (tertiary/aromatic N) is 5. The van der Waals surface area contributed by atoms with E-state index in [4.69, 9.17) is 26.8 Å². The number of nitrogen functional groups attached to an aromatic ring is 1. The van der Waals surface area contributed by atoms with Crippen LogP contribution in [0, 0.1) is 0 Å². The zero-order chi connectivity index (χ0) is 42.1. The minimum absolute atomic E-state index is 0.0107. The predicted octanol–water partition coefficient (Wildman–Crippen LogP) is 6.16. The highest BCUT2D eigenvalue weighted by Crippen LogP contribution is 2.38. The third-order valence-corrected chi connectivity index (χ3v) is 10.9. The number of piperidine rings is 1.